The second-order valence-electron chi connectivity index (χ2n) is 8.66. The third kappa shape index (κ3) is 7.73. The second-order valence-corrected chi connectivity index (χ2v) is 8.66. The summed E-state index contributed by atoms with van der Waals surface area (Å²) in [4.78, 5) is 5.23. The lowest BCUT2D eigenvalue weighted by atomic mass is 10.0. The van der Waals surface area contributed by atoms with Gasteiger partial charge in [-0.15, -0.1) is 0 Å². The van der Waals surface area contributed by atoms with Crippen LogP contribution in [0.2, 0.25) is 0 Å². The summed E-state index contributed by atoms with van der Waals surface area (Å²) in [6.07, 6.45) is 10.7. The molecule has 0 saturated carbocycles. The van der Waals surface area contributed by atoms with E-state index in [1.165, 1.54) is 83.2 Å². The number of ether oxygens (including phenoxy) is 1. The molecule has 2 aliphatic rings. The molecule has 0 spiro atoms. The van der Waals surface area contributed by atoms with E-state index in [1.807, 2.05) is 0 Å². The van der Waals surface area contributed by atoms with E-state index in [9.17, 15) is 0 Å². The summed E-state index contributed by atoms with van der Waals surface area (Å²) in [5, 5.41) is 3.59. The molecule has 0 amide bonds. The van der Waals surface area contributed by atoms with Crippen molar-refractivity contribution in [3.05, 3.63) is 29.8 Å². The van der Waals surface area contributed by atoms with Crippen LogP contribution in [0.25, 0.3) is 0 Å². The Balaban J connectivity index is 1.23. The molecule has 1 aromatic rings. The largest absolute Gasteiger partial charge is 0.494 e. The molecule has 0 aromatic heterocycles. The average Bonchev–Trinajstić information content (AvgIpc) is 2.74. The number of hydrogen-bond donors (Lipinski definition) is 1. The van der Waals surface area contributed by atoms with Crippen molar-refractivity contribution >= 4 is 0 Å². The first-order chi connectivity index (χ1) is 13.8. The molecule has 2 saturated heterocycles. The number of hydrogen-bond acceptors (Lipinski definition) is 4. The van der Waals surface area contributed by atoms with E-state index in [2.05, 4.69) is 46.3 Å². The first kappa shape index (κ1) is 21.6. The van der Waals surface area contributed by atoms with Crippen molar-refractivity contribution in [1.82, 2.24) is 15.1 Å². The molecular formula is C24H41N3O. The lowest BCUT2D eigenvalue weighted by molar-refractivity contribution is 0.159. The van der Waals surface area contributed by atoms with Crippen molar-refractivity contribution in [2.24, 2.45) is 0 Å². The van der Waals surface area contributed by atoms with E-state index in [0.29, 0.717) is 0 Å². The van der Waals surface area contributed by atoms with Crippen LogP contribution in [0.4, 0.5) is 0 Å². The fraction of sp³-hybridized carbons (Fsp3) is 0.750. The summed E-state index contributed by atoms with van der Waals surface area (Å²) in [6.45, 7) is 11.5. The maximum Gasteiger partial charge on any atom is 0.119 e. The van der Waals surface area contributed by atoms with Gasteiger partial charge in [0.2, 0.25) is 0 Å². The smallest absolute Gasteiger partial charge is 0.119 e. The van der Waals surface area contributed by atoms with E-state index in [1.54, 1.807) is 0 Å². The quantitative estimate of drug-likeness (QED) is 0.573. The second kappa shape index (κ2) is 12.5. The monoisotopic (exact) mass is 387 g/mol. The summed E-state index contributed by atoms with van der Waals surface area (Å²) in [5.41, 5.74) is 1.34. The lowest BCUT2D eigenvalue weighted by Crippen LogP contribution is -2.38. The molecule has 0 radical (unpaired) electrons. The zero-order chi connectivity index (χ0) is 19.4. The van der Waals surface area contributed by atoms with E-state index in [4.69, 9.17) is 4.74 Å². The van der Waals surface area contributed by atoms with Crippen molar-refractivity contribution in [1.29, 1.82) is 0 Å². The highest BCUT2D eigenvalue weighted by Crippen LogP contribution is 2.16. The van der Waals surface area contributed by atoms with Crippen LogP contribution >= 0.6 is 0 Å². The number of rotatable bonds is 11. The Hall–Kier alpha value is -1.10. The first-order valence-electron chi connectivity index (χ1n) is 11.7. The minimum Gasteiger partial charge on any atom is -0.494 e. The molecule has 1 atom stereocenters. The first-order valence-corrected chi connectivity index (χ1v) is 11.7. The zero-order valence-corrected chi connectivity index (χ0v) is 18.0. The topological polar surface area (TPSA) is 27.7 Å². The average molecular weight is 388 g/mol. The van der Waals surface area contributed by atoms with Crippen molar-refractivity contribution in [2.45, 2.75) is 70.9 Å². The van der Waals surface area contributed by atoms with Crippen LogP contribution in [0.3, 0.4) is 0 Å². The summed E-state index contributed by atoms with van der Waals surface area (Å²) in [6, 6.07) is 9.40. The molecule has 2 aliphatic heterocycles. The molecule has 1 N–H and O–H groups in total. The van der Waals surface area contributed by atoms with Crippen LogP contribution in [0.15, 0.2) is 24.3 Å². The highest BCUT2D eigenvalue weighted by atomic mass is 16.5. The number of benzene rings is 1. The predicted molar refractivity (Wildman–Crippen MR) is 118 cm³/mol. The Morgan fingerprint density at radius 3 is 2.50 bits per heavy atom. The number of likely N-dealkylation sites (tertiary alicyclic amines) is 2. The van der Waals surface area contributed by atoms with Crippen molar-refractivity contribution in [2.75, 3.05) is 45.9 Å². The van der Waals surface area contributed by atoms with Crippen molar-refractivity contribution < 1.29 is 4.74 Å². The molecule has 1 unspecified atom stereocenters. The molecule has 3 rings (SSSR count). The molecular weight excluding hydrogens is 346 g/mol. The van der Waals surface area contributed by atoms with Gasteiger partial charge in [0.15, 0.2) is 0 Å². The number of nitrogens with zero attached hydrogens (tertiary/aromatic N) is 2. The molecule has 4 nitrogen and oxygen atoms in total. The van der Waals surface area contributed by atoms with Gasteiger partial charge in [0.25, 0.3) is 0 Å². The molecule has 2 heterocycles. The molecule has 0 aliphatic carbocycles. The maximum absolute atomic E-state index is 5.92. The minimum absolute atomic E-state index is 0.779. The SMILES string of the molecule is CC1CCCCN1CCCNCc1ccc(OCCCN2CCCCC2)cc1. The third-order valence-corrected chi connectivity index (χ3v) is 6.33. The summed E-state index contributed by atoms with van der Waals surface area (Å²) in [7, 11) is 0. The van der Waals surface area contributed by atoms with Crippen molar-refractivity contribution in [3.8, 4) is 5.75 Å². The van der Waals surface area contributed by atoms with Gasteiger partial charge in [-0.3, -0.25) is 0 Å². The number of nitrogens with one attached hydrogen (secondary N) is 1. The van der Waals surface area contributed by atoms with Crippen LogP contribution < -0.4 is 10.1 Å². The highest BCUT2D eigenvalue weighted by Gasteiger charge is 2.16. The van der Waals surface area contributed by atoms with E-state index < -0.39 is 0 Å². The Kier molecular flexibility index (Phi) is 9.61. The van der Waals surface area contributed by atoms with E-state index >= 15 is 0 Å². The Morgan fingerprint density at radius 2 is 1.71 bits per heavy atom. The lowest BCUT2D eigenvalue weighted by Gasteiger charge is -2.33. The van der Waals surface area contributed by atoms with Gasteiger partial charge in [-0.05, 0) is 95.9 Å². The summed E-state index contributed by atoms with van der Waals surface area (Å²) < 4.78 is 5.92. The van der Waals surface area contributed by atoms with Crippen LogP contribution in [-0.4, -0.2) is 61.7 Å². The fourth-order valence-corrected chi connectivity index (χ4v) is 4.49. The highest BCUT2D eigenvalue weighted by molar-refractivity contribution is 5.27. The van der Waals surface area contributed by atoms with Gasteiger partial charge >= 0.3 is 0 Å². The van der Waals surface area contributed by atoms with E-state index in [-0.39, 0.29) is 0 Å². The van der Waals surface area contributed by atoms with Gasteiger partial charge in [-0.25, -0.2) is 0 Å². The Labute approximate surface area is 172 Å². The van der Waals surface area contributed by atoms with Crippen molar-refractivity contribution in [3.63, 3.8) is 0 Å². The molecule has 158 valence electrons. The normalized spacial score (nSPS) is 21.7. The van der Waals surface area contributed by atoms with Gasteiger partial charge in [-0.2, -0.15) is 0 Å². The van der Waals surface area contributed by atoms with Crippen LogP contribution in [-0.2, 0) is 6.54 Å². The molecule has 1 aromatic carbocycles. The van der Waals surface area contributed by atoms with Gasteiger partial charge in [0.05, 0.1) is 6.61 Å². The molecule has 0 bridgehead atoms. The third-order valence-electron chi connectivity index (χ3n) is 6.33. The molecule has 2 fully saturated rings. The van der Waals surface area contributed by atoms with Gasteiger partial charge in [-0.1, -0.05) is 25.0 Å². The van der Waals surface area contributed by atoms with Gasteiger partial charge in [0, 0.05) is 19.1 Å². The fourth-order valence-electron chi connectivity index (χ4n) is 4.49. The zero-order valence-electron chi connectivity index (χ0n) is 18.0. The Morgan fingerprint density at radius 1 is 0.929 bits per heavy atom. The maximum atomic E-state index is 5.92. The summed E-state index contributed by atoms with van der Waals surface area (Å²) in [5.74, 6) is 1.00. The van der Waals surface area contributed by atoms with Crippen LogP contribution in [0, 0.1) is 0 Å². The molecule has 4 heteroatoms. The minimum atomic E-state index is 0.779. The Bertz CT molecular complexity index is 527. The summed E-state index contributed by atoms with van der Waals surface area (Å²) >= 11 is 0. The van der Waals surface area contributed by atoms with Crippen LogP contribution in [0.1, 0.15) is 63.9 Å². The standard InChI is InChI=1S/C24H41N3O/c1-22-9-3-6-18-27(22)19-7-14-25-21-23-10-12-24(13-11-23)28-20-8-17-26-15-4-2-5-16-26/h10-13,22,25H,2-9,14-21H2,1H3. The number of piperidine rings is 2. The predicted octanol–water partition coefficient (Wildman–Crippen LogP) is 4.30. The molecule has 28 heavy (non-hydrogen) atoms. The van der Waals surface area contributed by atoms with Gasteiger partial charge < -0.3 is 19.9 Å². The van der Waals surface area contributed by atoms with Gasteiger partial charge in [0.1, 0.15) is 5.75 Å². The van der Waals surface area contributed by atoms with Crippen LogP contribution in [0.5, 0.6) is 5.75 Å². The van der Waals surface area contributed by atoms with E-state index in [0.717, 1.165) is 37.9 Å².